The van der Waals surface area contributed by atoms with Crippen molar-refractivity contribution in [1.29, 1.82) is 0 Å². The first-order valence-corrected chi connectivity index (χ1v) is 10.7. The second-order valence-corrected chi connectivity index (χ2v) is 8.73. The summed E-state index contributed by atoms with van der Waals surface area (Å²) < 4.78 is 35.0. The van der Waals surface area contributed by atoms with Gasteiger partial charge in [-0.1, -0.05) is 34.9 Å². The highest BCUT2D eigenvalue weighted by Gasteiger charge is 2.51. The molecule has 0 bridgehead atoms. The fourth-order valence-corrected chi connectivity index (χ4v) is 3.66. The number of nitrogens with zero attached hydrogens (tertiary/aromatic N) is 3. The van der Waals surface area contributed by atoms with Crippen LogP contribution in [0.25, 0.3) is 10.4 Å². The number of carbonyl (C=O) groups is 1. The minimum Gasteiger partial charge on any atom is -0.458 e. The van der Waals surface area contributed by atoms with E-state index in [-0.39, 0.29) is 13.2 Å². The van der Waals surface area contributed by atoms with Crippen molar-refractivity contribution in [3.05, 3.63) is 45.8 Å². The Hall–Kier alpha value is -2.20. The number of carbonyl (C=O) groups excluding carboxylic acids is 1. The molecule has 2 saturated heterocycles. The minimum atomic E-state index is -0.861. The topological polar surface area (TPSA) is 121 Å². The molecule has 176 valence electrons. The highest BCUT2D eigenvalue weighted by molar-refractivity contribution is 5.71. The van der Waals surface area contributed by atoms with E-state index in [1.165, 1.54) is 0 Å². The third kappa shape index (κ3) is 6.19. The van der Waals surface area contributed by atoms with Crippen molar-refractivity contribution in [1.82, 2.24) is 0 Å². The fraction of sp³-hybridized carbons (Fsp3) is 0.682. The number of hydrogen-bond acceptors (Lipinski definition) is 8. The lowest BCUT2D eigenvalue weighted by Crippen LogP contribution is -2.62. The summed E-state index contributed by atoms with van der Waals surface area (Å²) in [7, 11) is 0. The van der Waals surface area contributed by atoms with Crippen LogP contribution < -0.4 is 0 Å². The van der Waals surface area contributed by atoms with Crippen molar-refractivity contribution in [2.24, 2.45) is 5.11 Å². The summed E-state index contributed by atoms with van der Waals surface area (Å²) >= 11 is 0. The first kappa shape index (κ1) is 24.4. The van der Waals surface area contributed by atoms with Crippen molar-refractivity contribution in [2.45, 2.75) is 77.2 Å². The molecule has 0 N–H and O–H groups in total. The molecule has 0 spiro atoms. The summed E-state index contributed by atoms with van der Waals surface area (Å²) in [6.07, 6.45) is -3.48. The van der Waals surface area contributed by atoms with Gasteiger partial charge in [0.15, 0.2) is 12.6 Å². The van der Waals surface area contributed by atoms with Gasteiger partial charge in [-0.25, -0.2) is 4.79 Å². The van der Waals surface area contributed by atoms with Gasteiger partial charge in [0.1, 0.15) is 36.6 Å². The number of ether oxygens (including phenoxy) is 6. The molecule has 32 heavy (non-hydrogen) atoms. The molecule has 0 amide bonds. The van der Waals surface area contributed by atoms with Gasteiger partial charge < -0.3 is 28.4 Å². The molecule has 6 atom stereocenters. The number of hydrogen-bond donors (Lipinski definition) is 0. The Morgan fingerprint density at radius 3 is 2.56 bits per heavy atom. The van der Waals surface area contributed by atoms with E-state index < -0.39 is 48.5 Å². The number of benzene rings is 1. The summed E-state index contributed by atoms with van der Waals surface area (Å²) in [6.45, 7) is 9.36. The third-order valence-corrected chi connectivity index (χ3v) is 4.99. The molecular formula is C22H31N3O7. The number of fused-ring (bicyclic) bond motifs is 1. The van der Waals surface area contributed by atoms with E-state index in [1.54, 1.807) is 27.7 Å². The summed E-state index contributed by atoms with van der Waals surface area (Å²) in [4.78, 5) is 15.2. The van der Waals surface area contributed by atoms with Gasteiger partial charge in [0.05, 0.1) is 6.61 Å². The maximum absolute atomic E-state index is 12.3. The zero-order chi connectivity index (χ0) is 23.3. The molecule has 0 aliphatic carbocycles. The van der Waals surface area contributed by atoms with E-state index in [0.29, 0.717) is 6.61 Å². The first-order valence-electron chi connectivity index (χ1n) is 10.7. The molecule has 0 aromatic heterocycles. The molecule has 0 radical (unpaired) electrons. The summed E-state index contributed by atoms with van der Waals surface area (Å²) in [5, 5.41) is 3.85. The van der Waals surface area contributed by atoms with Gasteiger partial charge in [-0.05, 0) is 40.1 Å². The molecule has 0 saturated carbocycles. The van der Waals surface area contributed by atoms with Gasteiger partial charge in [0, 0.05) is 17.1 Å². The largest absolute Gasteiger partial charge is 0.458 e. The van der Waals surface area contributed by atoms with Crippen molar-refractivity contribution in [2.75, 3.05) is 19.8 Å². The standard InChI is InChI=1S/C22H31N3O7/c1-6-27-21-17(24-25-23)19(28-12-16(26)32-22(3,4)5)18-15(30-21)11-29-20(31-18)14-9-7-13(2)8-10-14/h7-10,15,17-21H,6,11-12H2,1-5H3/t15?,17?,18-,19-,20?,21-/m1/s1. The van der Waals surface area contributed by atoms with Crippen molar-refractivity contribution in [3.8, 4) is 0 Å². The quantitative estimate of drug-likeness (QED) is 0.270. The Labute approximate surface area is 187 Å². The predicted octanol–water partition coefficient (Wildman–Crippen LogP) is 3.58. The molecule has 2 aliphatic heterocycles. The van der Waals surface area contributed by atoms with Crippen LogP contribution in [0.1, 0.15) is 45.1 Å². The SMILES string of the molecule is CCO[C@@H]1OC2COC(c3ccc(C)cc3)O[C@H]2[C@H](OCC(=O)OC(C)(C)C)C1N=[N+]=[N-]. The zero-order valence-electron chi connectivity index (χ0n) is 19.1. The third-order valence-electron chi connectivity index (χ3n) is 4.99. The van der Waals surface area contributed by atoms with E-state index in [9.17, 15) is 4.79 Å². The molecule has 2 fully saturated rings. The Kier molecular flexibility index (Phi) is 8.10. The lowest BCUT2D eigenvalue weighted by molar-refractivity contribution is -0.345. The van der Waals surface area contributed by atoms with Crippen LogP contribution in [0, 0.1) is 6.92 Å². The monoisotopic (exact) mass is 449 g/mol. The van der Waals surface area contributed by atoms with Crippen LogP contribution in [0.5, 0.6) is 0 Å². The second-order valence-electron chi connectivity index (χ2n) is 8.73. The van der Waals surface area contributed by atoms with E-state index in [4.69, 9.17) is 34.0 Å². The Balaban J connectivity index is 1.82. The first-order chi connectivity index (χ1) is 15.2. The Morgan fingerprint density at radius 2 is 1.94 bits per heavy atom. The normalized spacial score (nSPS) is 30.2. The lowest BCUT2D eigenvalue weighted by atomic mass is 9.96. The smallest absolute Gasteiger partial charge is 0.332 e. The predicted molar refractivity (Wildman–Crippen MR) is 114 cm³/mol. The molecule has 3 unspecified atom stereocenters. The average molecular weight is 450 g/mol. The van der Waals surface area contributed by atoms with Gasteiger partial charge in [0.25, 0.3) is 0 Å². The maximum Gasteiger partial charge on any atom is 0.332 e. The Morgan fingerprint density at radius 1 is 1.22 bits per heavy atom. The minimum absolute atomic E-state index is 0.224. The van der Waals surface area contributed by atoms with Crippen LogP contribution in [0.15, 0.2) is 29.4 Å². The van der Waals surface area contributed by atoms with Gasteiger partial charge >= 0.3 is 5.97 Å². The van der Waals surface area contributed by atoms with Gasteiger partial charge in [-0.15, -0.1) is 0 Å². The van der Waals surface area contributed by atoms with Gasteiger partial charge in [-0.3, -0.25) is 0 Å². The Bertz CT molecular complexity index is 820. The van der Waals surface area contributed by atoms with Crippen LogP contribution >= 0.6 is 0 Å². The average Bonchev–Trinajstić information content (AvgIpc) is 2.73. The summed E-state index contributed by atoms with van der Waals surface area (Å²) in [5.41, 5.74) is 10.4. The molecule has 10 heteroatoms. The summed E-state index contributed by atoms with van der Waals surface area (Å²) in [5.74, 6) is -0.532. The highest BCUT2D eigenvalue weighted by atomic mass is 16.8. The van der Waals surface area contributed by atoms with Crippen LogP contribution in [0.4, 0.5) is 0 Å². The molecule has 2 heterocycles. The van der Waals surface area contributed by atoms with Gasteiger partial charge in [0.2, 0.25) is 0 Å². The number of rotatable bonds is 7. The second kappa shape index (κ2) is 10.6. The van der Waals surface area contributed by atoms with Crippen LogP contribution in [-0.4, -0.2) is 62.0 Å². The van der Waals surface area contributed by atoms with Crippen LogP contribution in [0.2, 0.25) is 0 Å². The fourth-order valence-electron chi connectivity index (χ4n) is 3.66. The molecule has 2 aliphatic rings. The van der Waals surface area contributed by atoms with Crippen LogP contribution in [0.3, 0.4) is 0 Å². The lowest BCUT2D eigenvalue weighted by Gasteiger charge is -2.48. The maximum atomic E-state index is 12.3. The molecule has 10 nitrogen and oxygen atoms in total. The molecule has 3 rings (SSSR count). The number of esters is 1. The van der Waals surface area contributed by atoms with E-state index in [1.807, 2.05) is 31.2 Å². The van der Waals surface area contributed by atoms with Crippen molar-refractivity contribution >= 4 is 5.97 Å². The summed E-state index contributed by atoms with van der Waals surface area (Å²) in [6, 6.07) is 6.93. The van der Waals surface area contributed by atoms with E-state index in [0.717, 1.165) is 11.1 Å². The van der Waals surface area contributed by atoms with Crippen molar-refractivity contribution < 1.29 is 33.2 Å². The molecule has 1 aromatic carbocycles. The highest BCUT2D eigenvalue weighted by Crippen LogP contribution is 2.36. The van der Waals surface area contributed by atoms with Crippen LogP contribution in [-0.2, 0) is 33.2 Å². The molecule has 1 aromatic rings. The van der Waals surface area contributed by atoms with Gasteiger partial charge in [-0.2, -0.15) is 0 Å². The number of azide groups is 1. The van der Waals surface area contributed by atoms with E-state index >= 15 is 0 Å². The molecular weight excluding hydrogens is 418 g/mol. The zero-order valence-corrected chi connectivity index (χ0v) is 19.1. The van der Waals surface area contributed by atoms with Crippen molar-refractivity contribution in [3.63, 3.8) is 0 Å². The van der Waals surface area contributed by atoms with E-state index in [2.05, 4.69) is 10.0 Å². The number of aryl methyl sites for hydroxylation is 1.